The first-order chi connectivity index (χ1) is 13.5. The van der Waals surface area contributed by atoms with Crippen molar-refractivity contribution in [3.05, 3.63) is 28.2 Å². The second kappa shape index (κ2) is 8.49. The van der Waals surface area contributed by atoms with Crippen LogP contribution in [-0.2, 0) is 9.53 Å². The molecule has 1 N–H and O–H groups in total. The van der Waals surface area contributed by atoms with Crippen molar-refractivity contribution in [2.75, 3.05) is 36.5 Å². The highest BCUT2D eigenvalue weighted by Crippen LogP contribution is 2.41. The van der Waals surface area contributed by atoms with Crippen LogP contribution in [0.1, 0.15) is 25.8 Å². The Bertz CT molecular complexity index is 868. The predicted molar refractivity (Wildman–Crippen MR) is 112 cm³/mol. The first-order valence-corrected chi connectivity index (χ1v) is 10.9. The number of anilines is 2. The van der Waals surface area contributed by atoms with Gasteiger partial charge in [0.25, 0.3) is 0 Å². The SMILES string of the molecule is CC(Sc1nnc(N2CCOCC2)n1C1CC1)C(=O)Nc1ccc(Cl)cc1Cl. The summed E-state index contributed by atoms with van der Waals surface area (Å²) >= 11 is 13.5. The molecule has 4 rings (SSSR count). The van der Waals surface area contributed by atoms with Gasteiger partial charge in [-0.15, -0.1) is 10.2 Å². The Labute approximate surface area is 177 Å². The molecule has 1 saturated carbocycles. The minimum atomic E-state index is -0.356. The van der Waals surface area contributed by atoms with Crippen LogP contribution in [0.15, 0.2) is 23.4 Å². The number of hydrogen-bond acceptors (Lipinski definition) is 6. The Balaban J connectivity index is 1.47. The smallest absolute Gasteiger partial charge is 0.237 e. The van der Waals surface area contributed by atoms with Crippen molar-refractivity contribution < 1.29 is 9.53 Å². The molecule has 2 aliphatic rings. The van der Waals surface area contributed by atoms with Gasteiger partial charge in [0, 0.05) is 24.2 Å². The van der Waals surface area contributed by atoms with Gasteiger partial charge in [0.2, 0.25) is 11.9 Å². The third kappa shape index (κ3) is 4.40. The van der Waals surface area contributed by atoms with Crippen molar-refractivity contribution in [2.45, 2.75) is 36.2 Å². The van der Waals surface area contributed by atoms with Crippen LogP contribution in [0.2, 0.25) is 10.0 Å². The first kappa shape index (κ1) is 19.8. The van der Waals surface area contributed by atoms with E-state index in [0.717, 1.165) is 37.0 Å². The molecule has 1 saturated heterocycles. The van der Waals surface area contributed by atoms with Crippen LogP contribution in [0.5, 0.6) is 0 Å². The van der Waals surface area contributed by atoms with Gasteiger partial charge in [-0.25, -0.2) is 0 Å². The zero-order valence-electron chi connectivity index (χ0n) is 15.4. The number of halogens is 2. The summed E-state index contributed by atoms with van der Waals surface area (Å²) in [4.78, 5) is 14.9. The van der Waals surface area contributed by atoms with Crippen LogP contribution in [0.4, 0.5) is 11.6 Å². The number of thioether (sulfide) groups is 1. The van der Waals surface area contributed by atoms with E-state index in [9.17, 15) is 4.79 Å². The van der Waals surface area contributed by atoms with E-state index in [0.29, 0.717) is 35.0 Å². The van der Waals surface area contributed by atoms with Crippen molar-refractivity contribution in [3.63, 3.8) is 0 Å². The summed E-state index contributed by atoms with van der Waals surface area (Å²) in [6.07, 6.45) is 2.23. The molecule has 0 radical (unpaired) electrons. The van der Waals surface area contributed by atoms with Crippen LogP contribution >= 0.6 is 35.0 Å². The fourth-order valence-electron chi connectivity index (χ4n) is 3.02. The Morgan fingerprint density at radius 3 is 2.71 bits per heavy atom. The summed E-state index contributed by atoms with van der Waals surface area (Å²) in [5.41, 5.74) is 0.543. The maximum Gasteiger partial charge on any atom is 0.237 e. The Morgan fingerprint density at radius 2 is 2.04 bits per heavy atom. The molecule has 0 bridgehead atoms. The molecule has 2 aromatic rings. The Kier molecular flexibility index (Phi) is 6.01. The third-order valence-corrected chi connectivity index (χ3v) is 6.30. The molecule has 28 heavy (non-hydrogen) atoms. The molecule has 1 aromatic heterocycles. The van der Waals surface area contributed by atoms with Crippen LogP contribution in [-0.4, -0.2) is 52.2 Å². The van der Waals surface area contributed by atoms with E-state index in [2.05, 4.69) is 25.0 Å². The summed E-state index contributed by atoms with van der Waals surface area (Å²) in [6.45, 7) is 4.85. The van der Waals surface area contributed by atoms with E-state index < -0.39 is 0 Å². The molecule has 1 aliphatic heterocycles. The van der Waals surface area contributed by atoms with Crippen LogP contribution in [0.25, 0.3) is 0 Å². The zero-order valence-corrected chi connectivity index (χ0v) is 17.7. The molecule has 1 amide bonds. The van der Waals surface area contributed by atoms with Crippen LogP contribution in [0.3, 0.4) is 0 Å². The molecular weight excluding hydrogens is 421 g/mol. The van der Waals surface area contributed by atoms with E-state index in [1.165, 1.54) is 11.8 Å². The topological polar surface area (TPSA) is 72.3 Å². The van der Waals surface area contributed by atoms with Gasteiger partial charge in [-0.05, 0) is 38.0 Å². The number of amides is 1. The predicted octanol–water partition coefficient (Wildman–Crippen LogP) is 3.88. The summed E-state index contributed by atoms with van der Waals surface area (Å²) in [5, 5.41) is 13.0. The number of ether oxygens (including phenoxy) is 1. The number of benzene rings is 1. The molecule has 0 spiro atoms. The van der Waals surface area contributed by atoms with Gasteiger partial charge in [0.15, 0.2) is 5.16 Å². The largest absolute Gasteiger partial charge is 0.378 e. The average molecular weight is 442 g/mol. The number of rotatable bonds is 6. The molecular formula is C18H21Cl2N5O2S. The van der Waals surface area contributed by atoms with Crippen molar-refractivity contribution in [2.24, 2.45) is 0 Å². The second-order valence-electron chi connectivity index (χ2n) is 6.86. The molecule has 1 aromatic carbocycles. The molecule has 2 heterocycles. The highest BCUT2D eigenvalue weighted by Gasteiger charge is 2.33. The summed E-state index contributed by atoms with van der Waals surface area (Å²) in [6, 6.07) is 5.41. The van der Waals surface area contributed by atoms with E-state index in [-0.39, 0.29) is 11.2 Å². The highest BCUT2D eigenvalue weighted by molar-refractivity contribution is 8.00. The van der Waals surface area contributed by atoms with E-state index in [4.69, 9.17) is 27.9 Å². The summed E-state index contributed by atoms with van der Waals surface area (Å²) in [7, 11) is 0. The number of aromatic nitrogens is 3. The minimum absolute atomic E-state index is 0.146. The maximum absolute atomic E-state index is 12.7. The zero-order chi connectivity index (χ0) is 19.7. The van der Waals surface area contributed by atoms with Crippen LogP contribution in [0, 0.1) is 0 Å². The lowest BCUT2D eigenvalue weighted by molar-refractivity contribution is -0.115. The average Bonchev–Trinajstić information content (AvgIpc) is 3.44. The van der Waals surface area contributed by atoms with E-state index in [1.54, 1.807) is 18.2 Å². The maximum atomic E-state index is 12.7. The first-order valence-electron chi connectivity index (χ1n) is 9.23. The number of nitrogens with zero attached hydrogens (tertiary/aromatic N) is 4. The van der Waals surface area contributed by atoms with Gasteiger partial charge in [-0.3, -0.25) is 9.36 Å². The van der Waals surface area contributed by atoms with Gasteiger partial charge < -0.3 is 15.0 Å². The summed E-state index contributed by atoms with van der Waals surface area (Å²) in [5.74, 6) is 0.731. The number of morpholine rings is 1. The van der Waals surface area contributed by atoms with Crippen molar-refractivity contribution in [3.8, 4) is 0 Å². The number of hydrogen-bond donors (Lipinski definition) is 1. The standard InChI is InChI=1S/C18H21Cl2N5O2S/c1-11(16(26)21-15-5-2-12(19)10-14(15)20)28-18-23-22-17(25(18)13-3-4-13)24-6-8-27-9-7-24/h2,5,10-11,13H,3-4,6-9H2,1H3,(H,21,26). The third-order valence-electron chi connectivity index (χ3n) is 4.69. The highest BCUT2D eigenvalue weighted by atomic mass is 35.5. The molecule has 7 nitrogen and oxygen atoms in total. The molecule has 10 heteroatoms. The normalized spacial score (nSPS) is 18.2. The Morgan fingerprint density at radius 1 is 1.29 bits per heavy atom. The lowest BCUT2D eigenvalue weighted by Gasteiger charge is -2.28. The number of carbonyl (C=O) groups excluding carboxylic acids is 1. The van der Waals surface area contributed by atoms with E-state index in [1.807, 2.05) is 6.92 Å². The second-order valence-corrected chi connectivity index (χ2v) is 9.01. The van der Waals surface area contributed by atoms with Gasteiger partial charge >= 0.3 is 0 Å². The molecule has 1 aliphatic carbocycles. The van der Waals surface area contributed by atoms with Gasteiger partial charge in [-0.1, -0.05) is 35.0 Å². The number of carbonyl (C=O) groups is 1. The molecule has 2 fully saturated rings. The van der Waals surface area contributed by atoms with Gasteiger partial charge in [0.05, 0.1) is 29.2 Å². The lowest BCUT2D eigenvalue weighted by Crippen LogP contribution is -2.38. The van der Waals surface area contributed by atoms with E-state index >= 15 is 0 Å². The van der Waals surface area contributed by atoms with Crippen molar-refractivity contribution in [1.82, 2.24) is 14.8 Å². The number of nitrogens with one attached hydrogen (secondary N) is 1. The van der Waals surface area contributed by atoms with Crippen molar-refractivity contribution in [1.29, 1.82) is 0 Å². The molecule has 1 atom stereocenters. The monoisotopic (exact) mass is 441 g/mol. The fraction of sp³-hybridized carbons (Fsp3) is 0.500. The Hall–Kier alpha value is -1.48. The minimum Gasteiger partial charge on any atom is -0.378 e. The van der Waals surface area contributed by atoms with Crippen LogP contribution < -0.4 is 10.2 Å². The quantitative estimate of drug-likeness (QED) is 0.685. The molecule has 150 valence electrons. The fourth-order valence-corrected chi connectivity index (χ4v) is 4.39. The summed E-state index contributed by atoms with van der Waals surface area (Å²) < 4.78 is 7.61. The van der Waals surface area contributed by atoms with Crippen molar-refractivity contribution >= 4 is 52.5 Å². The van der Waals surface area contributed by atoms with Gasteiger partial charge in [0.1, 0.15) is 0 Å². The molecule has 1 unspecified atom stereocenters. The van der Waals surface area contributed by atoms with Gasteiger partial charge in [-0.2, -0.15) is 0 Å². The lowest BCUT2D eigenvalue weighted by atomic mass is 10.3.